The van der Waals surface area contributed by atoms with Crippen LogP contribution in [-0.2, 0) is 6.54 Å². The quantitative estimate of drug-likeness (QED) is 0.364. The van der Waals surface area contributed by atoms with E-state index in [1.54, 1.807) is 44.2 Å². The first kappa shape index (κ1) is 19.7. The predicted molar refractivity (Wildman–Crippen MR) is 113 cm³/mol. The lowest BCUT2D eigenvalue weighted by atomic mass is 10.1. The van der Waals surface area contributed by atoms with Gasteiger partial charge in [0.2, 0.25) is 0 Å². The minimum Gasteiger partial charge on any atom is -0.507 e. The molecular formula is C21H17ClN4O4. The van der Waals surface area contributed by atoms with Crippen LogP contribution >= 0.6 is 11.6 Å². The predicted octanol–water partition coefficient (Wildman–Crippen LogP) is 4.72. The van der Waals surface area contributed by atoms with Gasteiger partial charge in [0.25, 0.3) is 5.56 Å². The van der Waals surface area contributed by atoms with Gasteiger partial charge >= 0.3 is 5.63 Å². The summed E-state index contributed by atoms with van der Waals surface area (Å²) in [5, 5.41) is 22.6. The van der Waals surface area contributed by atoms with Crippen LogP contribution in [0.15, 0.2) is 66.7 Å². The molecule has 0 fully saturated rings. The highest BCUT2D eigenvalue weighted by molar-refractivity contribution is 6.30. The zero-order valence-corrected chi connectivity index (χ0v) is 16.9. The van der Waals surface area contributed by atoms with Crippen molar-refractivity contribution in [2.24, 2.45) is 10.2 Å². The molecule has 0 spiro atoms. The average molecular weight is 425 g/mol. The number of H-pyrrole nitrogens is 1. The molecule has 4 aromatic rings. The summed E-state index contributed by atoms with van der Waals surface area (Å²) >= 11 is 5.94. The van der Waals surface area contributed by atoms with Crippen LogP contribution in [0.25, 0.3) is 11.0 Å². The minimum absolute atomic E-state index is 0.0398. The second-order valence-electron chi connectivity index (χ2n) is 6.84. The van der Waals surface area contributed by atoms with Gasteiger partial charge in [-0.1, -0.05) is 17.7 Å². The van der Waals surface area contributed by atoms with Crippen molar-refractivity contribution >= 4 is 33.9 Å². The Balaban J connectivity index is 1.76. The molecule has 0 saturated carbocycles. The molecule has 0 unspecified atom stereocenters. The number of aromatic hydroxyl groups is 1. The van der Waals surface area contributed by atoms with Crippen LogP contribution in [0.3, 0.4) is 0 Å². The maximum Gasteiger partial charge on any atom is 0.336 e. The van der Waals surface area contributed by atoms with Crippen molar-refractivity contribution in [1.29, 1.82) is 0 Å². The van der Waals surface area contributed by atoms with Gasteiger partial charge in [0.05, 0.1) is 23.5 Å². The van der Waals surface area contributed by atoms with E-state index in [0.717, 1.165) is 0 Å². The van der Waals surface area contributed by atoms with Crippen molar-refractivity contribution in [3.8, 4) is 5.75 Å². The maximum atomic E-state index is 12.8. The third kappa shape index (κ3) is 3.65. The fourth-order valence-electron chi connectivity index (χ4n) is 3.21. The number of azo groups is 1. The van der Waals surface area contributed by atoms with Crippen molar-refractivity contribution in [3.05, 3.63) is 85.1 Å². The number of hydrogen-bond donors (Lipinski definition) is 2. The van der Waals surface area contributed by atoms with Crippen molar-refractivity contribution in [2.45, 2.75) is 20.4 Å². The summed E-state index contributed by atoms with van der Waals surface area (Å²) in [6.45, 7) is 3.43. The fourth-order valence-corrected chi connectivity index (χ4v) is 3.39. The van der Waals surface area contributed by atoms with Crippen LogP contribution in [0.5, 0.6) is 5.75 Å². The fraction of sp³-hybridized carbons (Fsp3) is 0.143. The minimum atomic E-state index is -0.530. The number of aromatic amines is 1. The molecule has 4 rings (SSSR count). The number of benzene rings is 2. The molecule has 9 heteroatoms. The topological polar surface area (TPSA) is 113 Å². The van der Waals surface area contributed by atoms with Gasteiger partial charge in [-0.05, 0) is 49.7 Å². The van der Waals surface area contributed by atoms with E-state index in [2.05, 4.69) is 15.3 Å². The van der Waals surface area contributed by atoms with E-state index in [1.165, 1.54) is 16.8 Å². The van der Waals surface area contributed by atoms with Crippen molar-refractivity contribution in [2.75, 3.05) is 0 Å². The molecule has 2 aromatic carbocycles. The van der Waals surface area contributed by atoms with Gasteiger partial charge in [-0.25, -0.2) is 9.48 Å². The molecule has 0 amide bonds. The highest BCUT2D eigenvalue weighted by Crippen LogP contribution is 2.29. The molecule has 30 heavy (non-hydrogen) atoms. The van der Waals surface area contributed by atoms with E-state index in [9.17, 15) is 14.7 Å². The Hall–Kier alpha value is -3.65. The summed E-state index contributed by atoms with van der Waals surface area (Å²) in [7, 11) is 0. The molecule has 0 saturated heterocycles. The molecule has 0 atom stereocenters. The van der Waals surface area contributed by atoms with Crippen LogP contribution in [0.2, 0.25) is 5.02 Å². The van der Waals surface area contributed by atoms with Gasteiger partial charge < -0.3 is 9.52 Å². The molecule has 0 aliphatic carbocycles. The first-order valence-electron chi connectivity index (χ1n) is 9.05. The lowest BCUT2D eigenvalue weighted by Gasteiger charge is -2.09. The summed E-state index contributed by atoms with van der Waals surface area (Å²) in [5.41, 5.74) is 1.46. The number of hydrogen-bond acceptors (Lipinski definition) is 6. The molecule has 0 bridgehead atoms. The first-order chi connectivity index (χ1) is 14.3. The van der Waals surface area contributed by atoms with Gasteiger partial charge in [-0.3, -0.25) is 9.89 Å². The summed E-state index contributed by atoms with van der Waals surface area (Å²) < 4.78 is 6.60. The normalized spacial score (nSPS) is 11.6. The van der Waals surface area contributed by atoms with Crippen LogP contribution in [-0.4, -0.2) is 14.9 Å². The molecule has 0 aliphatic rings. The van der Waals surface area contributed by atoms with Gasteiger partial charge in [-0.15, -0.1) is 5.11 Å². The average Bonchev–Trinajstić information content (AvgIpc) is 2.95. The lowest BCUT2D eigenvalue weighted by Crippen LogP contribution is -2.17. The van der Waals surface area contributed by atoms with Gasteiger partial charge in [-0.2, -0.15) is 5.11 Å². The first-order valence-corrected chi connectivity index (χ1v) is 9.43. The Labute approximate surface area is 175 Å². The lowest BCUT2D eigenvalue weighted by molar-refractivity contribution is 0.459. The molecule has 152 valence electrons. The number of rotatable bonds is 4. The van der Waals surface area contributed by atoms with E-state index in [0.29, 0.717) is 32.9 Å². The number of fused-ring (bicyclic) bond motifs is 1. The molecule has 2 heterocycles. The largest absolute Gasteiger partial charge is 0.507 e. The van der Waals surface area contributed by atoms with Crippen LogP contribution < -0.4 is 11.2 Å². The summed E-state index contributed by atoms with van der Waals surface area (Å²) in [5.74, 6) is -0.0856. The standard InChI is InChI=1S/C21H17ClN4O4/c1-11-8-18(28)30-20-15(11)6-7-17(27)16(20)10-26-21(29)19(12(2)25-26)24-23-14-5-3-4-13(22)9-14/h3-9,25,27H,10H2,1-2H3. The van der Waals surface area contributed by atoms with E-state index in [1.807, 2.05) is 0 Å². The van der Waals surface area contributed by atoms with E-state index >= 15 is 0 Å². The van der Waals surface area contributed by atoms with Gasteiger partial charge in [0.15, 0.2) is 5.69 Å². The smallest absolute Gasteiger partial charge is 0.336 e. The Bertz CT molecular complexity index is 1420. The van der Waals surface area contributed by atoms with Crippen LogP contribution in [0.1, 0.15) is 16.8 Å². The molecule has 0 radical (unpaired) electrons. The van der Waals surface area contributed by atoms with Gasteiger partial charge in [0.1, 0.15) is 11.3 Å². The second-order valence-corrected chi connectivity index (χ2v) is 7.28. The number of nitrogens with one attached hydrogen (secondary N) is 1. The molecule has 0 aliphatic heterocycles. The number of phenols is 1. The van der Waals surface area contributed by atoms with Crippen LogP contribution in [0, 0.1) is 13.8 Å². The Morgan fingerprint density at radius 1 is 1.13 bits per heavy atom. The third-order valence-electron chi connectivity index (χ3n) is 4.69. The molecule has 2 N–H and O–H groups in total. The SMILES string of the molecule is Cc1[nH]n(Cc2c(O)ccc3c(C)cc(=O)oc23)c(=O)c1N=Nc1cccc(Cl)c1. The van der Waals surface area contributed by atoms with E-state index in [-0.39, 0.29) is 23.6 Å². The van der Waals surface area contributed by atoms with E-state index in [4.69, 9.17) is 16.0 Å². The van der Waals surface area contributed by atoms with Crippen LogP contribution in [0.4, 0.5) is 11.4 Å². The summed E-state index contributed by atoms with van der Waals surface area (Å²) in [6, 6.07) is 11.3. The van der Waals surface area contributed by atoms with Crippen molar-refractivity contribution in [1.82, 2.24) is 9.78 Å². The molecular weight excluding hydrogens is 408 g/mol. The third-order valence-corrected chi connectivity index (χ3v) is 4.93. The number of phenolic OH excluding ortho intramolecular Hbond substituents is 1. The Kier molecular flexibility index (Phi) is 5.01. The van der Waals surface area contributed by atoms with Gasteiger partial charge in [0, 0.05) is 16.5 Å². The summed E-state index contributed by atoms with van der Waals surface area (Å²) in [6.07, 6.45) is 0. The Morgan fingerprint density at radius 2 is 1.93 bits per heavy atom. The zero-order valence-electron chi connectivity index (χ0n) is 16.1. The second kappa shape index (κ2) is 7.64. The Morgan fingerprint density at radius 3 is 2.70 bits per heavy atom. The number of nitrogens with zero attached hydrogens (tertiary/aromatic N) is 3. The number of aromatic nitrogens is 2. The molecule has 8 nitrogen and oxygen atoms in total. The van der Waals surface area contributed by atoms with Crippen molar-refractivity contribution < 1.29 is 9.52 Å². The maximum absolute atomic E-state index is 12.8. The monoisotopic (exact) mass is 424 g/mol. The van der Waals surface area contributed by atoms with E-state index < -0.39 is 11.2 Å². The zero-order chi connectivity index (χ0) is 21.4. The number of aryl methyl sites for hydroxylation is 2. The van der Waals surface area contributed by atoms with Crippen molar-refractivity contribution in [3.63, 3.8) is 0 Å². The number of halogens is 1. The molecule has 2 aromatic heterocycles. The summed E-state index contributed by atoms with van der Waals surface area (Å²) in [4.78, 5) is 24.7. The highest BCUT2D eigenvalue weighted by Gasteiger charge is 2.17. The highest BCUT2D eigenvalue weighted by atomic mass is 35.5.